The maximum absolute atomic E-state index is 11.9. The highest BCUT2D eigenvalue weighted by Crippen LogP contribution is 2.16. The van der Waals surface area contributed by atoms with E-state index in [0.717, 1.165) is 6.54 Å². The second kappa shape index (κ2) is 8.01. The zero-order valence-electron chi connectivity index (χ0n) is 13.4. The lowest BCUT2D eigenvalue weighted by atomic mass is 10.1. The van der Waals surface area contributed by atoms with Gasteiger partial charge in [0.1, 0.15) is 0 Å². The number of aromatic nitrogens is 4. The Labute approximate surface area is 135 Å². The van der Waals surface area contributed by atoms with Gasteiger partial charge >= 0.3 is 0 Å². The lowest BCUT2D eigenvalue weighted by Gasteiger charge is -2.16. The van der Waals surface area contributed by atoms with Crippen molar-refractivity contribution in [2.24, 2.45) is 0 Å². The highest BCUT2D eigenvalue weighted by molar-refractivity contribution is 5.77. The summed E-state index contributed by atoms with van der Waals surface area (Å²) in [5.74, 6) is 0.965. The van der Waals surface area contributed by atoms with Crippen molar-refractivity contribution < 1.29 is 4.79 Å². The number of nitrogens with zero attached hydrogens (tertiary/aromatic N) is 4. The molecule has 0 aromatic carbocycles. The molecule has 3 rings (SSSR count). The minimum atomic E-state index is -0.0522. The van der Waals surface area contributed by atoms with E-state index in [1.165, 1.54) is 38.5 Å². The first-order chi connectivity index (χ1) is 11.3. The number of hydrogen-bond donors (Lipinski definition) is 2. The lowest BCUT2D eigenvalue weighted by molar-refractivity contribution is -0.120. The average Bonchev–Trinajstić information content (AvgIpc) is 2.77. The molecule has 0 aliphatic heterocycles. The van der Waals surface area contributed by atoms with Gasteiger partial charge in [0.05, 0.1) is 6.42 Å². The molecule has 7 heteroatoms. The molecule has 1 amide bonds. The van der Waals surface area contributed by atoms with E-state index in [1.54, 1.807) is 23.0 Å². The van der Waals surface area contributed by atoms with Gasteiger partial charge in [-0.25, -0.2) is 9.50 Å². The van der Waals surface area contributed by atoms with Crippen molar-refractivity contribution in [1.82, 2.24) is 30.2 Å². The first kappa shape index (κ1) is 15.9. The summed E-state index contributed by atoms with van der Waals surface area (Å²) in [5, 5.41) is 10.7. The summed E-state index contributed by atoms with van der Waals surface area (Å²) in [7, 11) is 0. The Kier molecular flexibility index (Phi) is 5.52. The quantitative estimate of drug-likeness (QED) is 0.616. The van der Waals surface area contributed by atoms with Crippen molar-refractivity contribution in [3.8, 4) is 0 Å². The molecule has 0 atom stereocenters. The number of carbonyl (C=O) groups excluding carboxylic acids is 1. The number of nitrogens with one attached hydrogen (secondary N) is 2. The molecule has 0 radical (unpaired) electrons. The molecule has 2 aromatic heterocycles. The second-order valence-corrected chi connectivity index (χ2v) is 6.06. The third-order valence-corrected chi connectivity index (χ3v) is 4.21. The normalized spacial score (nSPS) is 16.3. The molecule has 124 valence electrons. The van der Waals surface area contributed by atoms with Crippen LogP contribution in [0.25, 0.3) is 5.78 Å². The Morgan fingerprint density at radius 3 is 2.83 bits per heavy atom. The fourth-order valence-electron chi connectivity index (χ4n) is 3.02. The Bertz CT molecular complexity index is 599. The summed E-state index contributed by atoms with van der Waals surface area (Å²) in [5.41, 5.74) is 0. The molecule has 0 spiro atoms. The predicted molar refractivity (Wildman–Crippen MR) is 87.0 cm³/mol. The molecule has 0 bridgehead atoms. The third-order valence-electron chi connectivity index (χ3n) is 4.21. The number of hydrogen-bond acceptors (Lipinski definition) is 5. The smallest absolute Gasteiger partial charge is 0.252 e. The van der Waals surface area contributed by atoms with E-state index in [-0.39, 0.29) is 12.3 Å². The van der Waals surface area contributed by atoms with Gasteiger partial charge in [0.2, 0.25) is 5.91 Å². The van der Waals surface area contributed by atoms with E-state index in [1.807, 2.05) is 0 Å². The van der Waals surface area contributed by atoms with Crippen LogP contribution >= 0.6 is 0 Å². The van der Waals surface area contributed by atoms with Crippen LogP contribution in [0.4, 0.5) is 0 Å². The van der Waals surface area contributed by atoms with E-state index in [9.17, 15) is 4.79 Å². The predicted octanol–water partition coefficient (Wildman–Crippen LogP) is 1.10. The van der Waals surface area contributed by atoms with Crippen molar-refractivity contribution in [2.75, 3.05) is 13.1 Å². The summed E-state index contributed by atoms with van der Waals surface area (Å²) in [6, 6.07) is 2.39. The second-order valence-electron chi connectivity index (χ2n) is 6.06. The SMILES string of the molecule is O=C(Cc1nc2ncccn2n1)NCCNC1CCCCCC1. The molecular weight excluding hydrogens is 292 g/mol. The lowest BCUT2D eigenvalue weighted by Crippen LogP contribution is -2.37. The van der Waals surface area contributed by atoms with E-state index >= 15 is 0 Å². The Morgan fingerprint density at radius 2 is 2.04 bits per heavy atom. The standard InChI is InChI=1S/C16H24N6O/c23-15(12-14-20-16-19-8-5-11-22(16)21-14)18-10-9-17-13-6-3-1-2-4-7-13/h5,8,11,13,17H,1-4,6-7,9-10,12H2,(H,18,23). The van der Waals surface area contributed by atoms with Crippen LogP contribution in [0.2, 0.25) is 0 Å². The molecule has 1 aliphatic rings. The summed E-state index contributed by atoms with van der Waals surface area (Å²) in [4.78, 5) is 20.3. The first-order valence-electron chi connectivity index (χ1n) is 8.47. The van der Waals surface area contributed by atoms with E-state index in [2.05, 4.69) is 25.7 Å². The van der Waals surface area contributed by atoms with Crippen LogP contribution in [0, 0.1) is 0 Å². The van der Waals surface area contributed by atoms with E-state index < -0.39 is 0 Å². The topological polar surface area (TPSA) is 84.2 Å². The van der Waals surface area contributed by atoms with E-state index in [4.69, 9.17) is 0 Å². The molecule has 1 fully saturated rings. The van der Waals surface area contributed by atoms with Gasteiger partial charge in [-0.3, -0.25) is 4.79 Å². The number of rotatable bonds is 6. The fourth-order valence-corrected chi connectivity index (χ4v) is 3.02. The van der Waals surface area contributed by atoms with Gasteiger partial charge in [-0.2, -0.15) is 4.98 Å². The van der Waals surface area contributed by atoms with Gasteiger partial charge in [0, 0.05) is 31.5 Å². The van der Waals surface area contributed by atoms with Crippen molar-refractivity contribution >= 4 is 11.7 Å². The van der Waals surface area contributed by atoms with Gasteiger partial charge in [-0.1, -0.05) is 25.7 Å². The first-order valence-corrected chi connectivity index (χ1v) is 8.47. The maximum atomic E-state index is 11.9. The Hall–Kier alpha value is -2.02. The summed E-state index contributed by atoms with van der Waals surface area (Å²) in [6.07, 6.45) is 11.5. The minimum Gasteiger partial charge on any atom is -0.354 e. The van der Waals surface area contributed by atoms with Crippen molar-refractivity contribution in [1.29, 1.82) is 0 Å². The summed E-state index contributed by atoms with van der Waals surface area (Å²) < 4.78 is 1.58. The zero-order chi connectivity index (χ0) is 15.9. The number of amides is 1. The fraction of sp³-hybridized carbons (Fsp3) is 0.625. The van der Waals surface area contributed by atoms with Crippen LogP contribution in [-0.4, -0.2) is 44.6 Å². The van der Waals surface area contributed by atoms with Crippen molar-refractivity contribution in [2.45, 2.75) is 51.0 Å². The molecule has 0 saturated heterocycles. The van der Waals surface area contributed by atoms with Gasteiger partial charge in [-0.05, 0) is 18.9 Å². The van der Waals surface area contributed by atoms with Crippen molar-refractivity contribution in [3.05, 3.63) is 24.3 Å². The number of carbonyl (C=O) groups is 1. The molecule has 2 aromatic rings. The Balaban J connectivity index is 1.37. The van der Waals surface area contributed by atoms with Crippen molar-refractivity contribution in [3.63, 3.8) is 0 Å². The average molecular weight is 316 g/mol. The van der Waals surface area contributed by atoms with Crippen LogP contribution in [-0.2, 0) is 11.2 Å². The molecule has 23 heavy (non-hydrogen) atoms. The van der Waals surface area contributed by atoms with Gasteiger partial charge in [0.15, 0.2) is 5.82 Å². The van der Waals surface area contributed by atoms with Crippen LogP contribution in [0.3, 0.4) is 0 Å². The van der Waals surface area contributed by atoms with Crippen LogP contribution in [0.15, 0.2) is 18.5 Å². The largest absolute Gasteiger partial charge is 0.354 e. The molecule has 2 heterocycles. The van der Waals surface area contributed by atoms with E-state index in [0.29, 0.717) is 24.2 Å². The molecule has 7 nitrogen and oxygen atoms in total. The van der Waals surface area contributed by atoms with Crippen LogP contribution < -0.4 is 10.6 Å². The monoisotopic (exact) mass is 316 g/mol. The molecule has 0 unspecified atom stereocenters. The highest BCUT2D eigenvalue weighted by atomic mass is 16.1. The minimum absolute atomic E-state index is 0.0522. The summed E-state index contributed by atoms with van der Waals surface area (Å²) >= 11 is 0. The van der Waals surface area contributed by atoms with Crippen LogP contribution in [0.1, 0.15) is 44.3 Å². The van der Waals surface area contributed by atoms with Gasteiger partial charge in [-0.15, -0.1) is 5.10 Å². The van der Waals surface area contributed by atoms with Gasteiger partial charge in [0.25, 0.3) is 5.78 Å². The third kappa shape index (κ3) is 4.72. The number of fused-ring (bicyclic) bond motifs is 1. The van der Waals surface area contributed by atoms with Crippen LogP contribution in [0.5, 0.6) is 0 Å². The zero-order valence-corrected chi connectivity index (χ0v) is 13.4. The molecule has 2 N–H and O–H groups in total. The highest BCUT2D eigenvalue weighted by Gasteiger charge is 2.12. The summed E-state index contributed by atoms with van der Waals surface area (Å²) in [6.45, 7) is 1.46. The molecule has 1 saturated carbocycles. The molecule has 1 aliphatic carbocycles. The molecular formula is C16H24N6O. The maximum Gasteiger partial charge on any atom is 0.252 e. The van der Waals surface area contributed by atoms with Gasteiger partial charge < -0.3 is 10.6 Å². The Morgan fingerprint density at radius 1 is 1.22 bits per heavy atom.